The summed E-state index contributed by atoms with van der Waals surface area (Å²) in [5, 5.41) is 3.31. The maximum atomic E-state index is 5.61. The van der Waals surface area contributed by atoms with Crippen LogP contribution in [-0.2, 0) is 0 Å². The topological polar surface area (TPSA) is 15.3 Å². The van der Waals surface area contributed by atoms with E-state index in [1.807, 2.05) is 0 Å². The zero-order valence-corrected chi connectivity index (χ0v) is 9.69. The molecule has 0 unspecified atom stereocenters. The van der Waals surface area contributed by atoms with Crippen LogP contribution in [0.1, 0.15) is 20.8 Å². The van der Waals surface area contributed by atoms with Crippen LogP contribution in [0.25, 0.3) is 0 Å². The lowest BCUT2D eigenvalue weighted by Gasteiger charge is -2.20. The van der Waals surface area contributed by atoms with Gasteiger partial charge in [-0.2, -0.15) is 0 Å². The third-order valence-electron chi connectivity index (χ3n) is 1.96. The van der Waals surface area contributed by atoms with E-state index in [1.165, 1.54) is 5.57 Å². The fourth-order valence-electron chi connectivity index (χ4n) is 1.15. The van der Waals surface area contributed by atoms with E-state index < -0.39 is 0 Å². The summed E-state index contributed by atoms with van der Waals surface area (Å²) in [4.78, 5) is 2.37. The molecule has 0 aliphatic carbocycles. The van der Waals surface area contributed by atoms with Crippen molar-refractivity contribution in [3.63, 3.8) is 0 Å². The second-order valence-corrected chi connectivity index (χ2v) is 3.40. The Morgan fingerprint density at radius 1 is 1.46 bits per heavy atom. The van der Waals surface area contributed by atoms with Gasteiger partial charge in [0.15, 0.2) is 0 Å². The molecule has 0 heterocycles. The minimum atomic E-state index is 0.978. The van der Waals surface area contributed by atoms with Crippen molar-refractivity contribution in [3.05, 3.63) is 11.1 Å². The molecular formula is C10H21ClN2. The molecule has 0 bridgehead atoms. The summed E-state index contributed by atoms with van der Waals surface area (Å²) >= 11 is 5.61. The fourth-order valence-corrected chi connectivity index (χ4v) is 1.22. The number of nitrogens with one attached hydrogen (secondary N) is 1. The van der Waals surface area contributed by atoms with Crippen LogP contribution in [0.4, 0.5) is 0 Å². The summed E-state index contributed by atoms with van der Waals surface area (Å²) in [5.41, 5.74) is 2.88. The molecule has 1 N–H and O–H groups in total. The van der Waals surface area contributed by atoms with Gasteiger partial charge >= 0.3 is 0 Å². The molecule has 0 spiro atoms. The Labute approximate surface area is 86.9 Å². The largest absolute Gasteiger partial charge is 0.316 e. The van der Waals surface area contributed by atoms with Crippen LogP contribution in [0.2, 0.25) is 0 Å². The lowest BCUT2D eigenvalue weighted by atomic mass is 10.3. The first-order valence-electron chi connectivity index (χ1n) is 4.93. The van der Waals surface area contributed by atoms with E-state index in [1.54, 1.807) is 5.54 Å². The van der Waals surface area contributed by atoms with Gasteiger partial charge in [0.25, 0.3) is 0 Å². The van der Waals surface area contributed by atoms with Gasteiger partial charge in [-0.1, -0.05) is 25.4 Å². The molecule has 78 valence electrons. The number of hydrogen-bond donors (Lipinski definition) is 1. The summed E-state index contributed by atoms with van der Waals surface area (Å²) < 4.78 is 0. The lowest BCUT2D eigenvalue weighted by Crippen LogP contribution is -2.33. The Hall–Kier alpha value is -0.0500. The van der Waals surface area contributed by atoms with Crippen molar-refractivity contribution in [2.24, 2.45) is 0 Å². The molecule has 2 nitrogen and oxygen atoms in total. The molecular weight excluding hydrogens is 184 g/mol. The minimum Gasteiger partial charge on any atom is -0.316 e. The van der Waals surface area contributed by atoms with Gasteiger partial charge < -0.3 is 5.32 Å². The average molecular weight is 205 g/mol. The van der Waals surface area contributed by atoms with Crippen LogP contribution in [-0.4, -0.2) is 37.6 Å². The molecule has 3 heteroatoms. The lowest BCUT2D eigenvalue weighted by molar-refractivity contribution is 0.311. The zero-order valence-electron chi connectivity index (χ0n) is 8.94. The molecule has 0 atom stereocenters. The van der Waals surface area contributed by atoms with Crippen molar-refractivity contribution in [2.45, 2.75) is 20.8 Å². The van der Waals surface area contributed by atoms with Gasteiger partial charge in [0.2, 0.25) is 0 Å². The number of halogens is 1. The van der Waals surface area contributed by atoms with Gasteiger partial charge in [0, 0.05) is 25.2 Å². The van der Waals surface area contributed by atoms with Crippen LogP contribution >= 0.6 is 11.6 Å². The van der Waals surface area contributed by atoms with Crippen molar-refractivity contribution in [2.75, 3.05) is 32.7 Å². The normalized spacial score (nSPS) is 12.5. The second kappa shape index (κ2) is 8.54. The smallest absolute Gasteiger partial charge is 0.0202 e. The molecule has 0 aromatic heterocycles. The summed E-state index contributed by atoms with van der Waals surface area (Å²) in [6.45, 7) is 11.6. The molecule has 0 aliphatic rings. The van der Waals surface area contributed by atoms with E-state index in [9.17, 15) is 0 Å². The number of rotatable bonds is 7. The van der Waals surface area contributed by atoms with Crippen LogP contribution in [0.5, 0.6) is 0 Å². The first-order chi connectivity index (χ1) is 6.24. The van der Waals surface area contributed by atoms with Crippen LogP contribution in [0.3, 0.4) is 0 Å². The average Bonchev–Trinajstić information content (AvgIpc) is 2.16. The fraction of sp³-hybridized carbons (Fsp3) is 0.800. The minimum absolute atomic E-state index is 0.978. The van der Waals surface area contributed by atoms with Gasteiger partial charge in [-0.3, -0.25) is 4.90 Å². The Bertz CT molecular complexity index is 146. The first-order valence-corrected chi connectivity index (χ1v) is 5.37. The molecule has 13 heavy (non-hydrogen) atoms. The maximum absolute atomic E-state index is 5.61. The molecule has 0 aromatic carbocycles. The summed E-state index contributed by atoms with van der Waals surface area (Å²) in [6, 6.07) is 0. The third-order valence-corrected chi connectivity index (χ3v) is 2.33. The Kier molecular flexibility index (Phi) is 8.51. The Morgan fingerprint density at radius 2 is 2.15 bits per heavy atom. The third kappa shape index (κ3) is 7.05. The zero-order chi connectivity index (χ0) is 10.1. The van der Waals surface area contributed by atoms with E-state index >= 15 is 0 Å². The van der Waals surface area contributed by atoms with E-state index in [2.05, 4.69) is 31.0 Å². The highest BCUT2D eigenvalue weighted by atomic mass is 35.5. The van der Waals surface area contributed by atoms with Crippen molar-refractivity contribution in [3.8, 4) is 0 Å². The van der Waals surface area contributed by atoms with Crippen LogP contribution < -0.4 is 5.32 Å². The molecule has 0 amide bonds. The van der Waals surface area contributed by atoms with Gasteiger partial charge in [-0.25, -0.2) is 0 Å². The van der Waals surface area contributed by atoms with E-state index in [4.69, 9.17) is 11.6 Å². The molecule has 0 fully saturated rings. The van der Waals surface area contributed by atoms with Gasteiger partial charge in [-0.05, 0) is 25.6 Å². The molecule has 0 saturated heterocycles. The highest BCUT2D eigenvalue weighted by molar-refractivity contribution is 6.25. The first kappa shape index (κ1) is 12.9. The van der Waals surface area contributed by atoms with Gasteiger partial charge in [0.05, 0.1) is 0 Å². The van der Waals surface area contributed by atoms with Crippen molar-refractivity contribution < 1.29 is 0 Å². The SMILES string of the molecule is CCNCCN(CC)CC(C)=CCl. The van der Waals surface area contributed by atoms with Crippen molar-refractivity contribution in [1.82, 2.24) is 10.2 Å². The summed E-state index contributed by atoms with van der Waals surface area (Å²) in [5.74, 6) is 0. The van der Waals surface area contributed by atoms with E-state index in [0.717, 1.165) is 32.7 Å². The predicted molar refractivity (Wildman–Crippen MR) is 60.3 cm³/mol. The van der Waals surface area contributed by atoms with E-state index in [0.29, 0.717) is 0 Å². The maximum Gasteiger partial charge on any atom is 0.0202 e. The van der Waals surface area contributed by atoms with Gasteiger partial charge in [-0.15, -0.1) is 0 Å². The number of hydrogen-bond acceptors (Lipinski definition) is 2. The number of nitrogens with zero attached hydrogens (tertiary/aromatic N) is 1. The number of likely N-dealkylation sites (N-methyl/N-ethyl adjacent to an activating group) is 2. The monoisotopic (exact) mass is 204 g/mol. The predicted octanol–water partition coefficient (Wildman–Crippen LogP) is 2.06. The van der Waals surface area contributed by atoms with Gasteiger partial charge in [0.1, 0.15) is 0 Å². The summed E-state index contributed by atoms with van der Waals surface area (Å²) in [6.07, 6.45) is 0. The summed E-state index contributed by atoms with van der Waals surface area (Å²) in [7, 11) is 0. The van der Waals surface area contributed by atoms with Crippen molar-refractivity contribution >= 4 is 11.6 Å². The Balaban J connectivity index is 3.63. The van der Waals surface area contributed by atoms with E-state index in [-0.39, 0.29) is 0 Å². The molecule has 0 aliphatic heterocycles. The highest BCUT2D eigenvalue weighted by Gasteiger charge is 2.01. The van der Waals surface area contributed by atoms with Crippen LogP contribution in [0.15, 0.2) is 11.1 Å². The molecule has 0 radical (unpaired) electrons. The molecule has 0 aromatic rings. The quantitative estimate of drug-likeness (QED) is 0.639. The Morgan fingerprint density at radius 3 is 2.62 bits per heavy atom. The standard InChI is InChI=1S/C10H21ClN2/c1-4-12-6-7-13(5-2)9-10(3)8-11/h8,12H,4-7,9H2,1-3H3. The second-order valence-electron chi connectivity index (χ2n) is 3.18. The van der Waals surface area contributed by atoms with Crippen molar-refractivity contribution in [1.29, 1.82) is 0 Å². The van der Waals surface area contributed by atoms with Crippen LogP contribution in [0, 0.1) is 0 Å². The molecule has 0 rings (SSSR count). The molecule has 0 saturated carbocycles. The highest BCUT2D eigenvalue weighted by Crippen LogP contribution is 1.99.